The molecule has 1 aromatic carbocycles. The molecule has 0 aliphatic heterocycles. The molecule has 1 aliphatic rings. The number of benzene rings is 1. The molecule has 0 unspecified atom stereocenters. The molecule has 0 radical (unpaired) electrons. The van der Waals surface area contributed by atoms with Crippen LogP contribution in [0.15, 0.2) is 18.2 Å². The van der Waals surface area contributed by atoms with Gasteiger partial charge >= 0.3 is 0 Å². The van der Waals surface area contributed by atoms with E-state index in [0.29, 0.717) is 6.04 Å². The van der Waals surface area contributed by atoms with Gasteiger partial charge in [-0.25, -0.2) is 4.39 Å². The minimum absolute atomic E-state index is 0.115. The van der Waals surface area contributed by atoms with Crippen LogP contribution in [0.4, 0.5) is 4.39 Å². The van der Waals surface area contributed by atoms with Gasteiger partial charge in [-0.1, -0.05) is 12.1 Å². The van der Waals surface area contributed by atoms with Crippen LogP contribution in [-0.2, 0) is 6.42 Å². The Morgan fingerprint density at radius 1 is 1.39 bits per heavy atom. The lowest BCUT2D eigenvalue weighted by atomic mass is 9.80. The van der Waals surface area contributed by atoms with Gasteiger partial charge in [0.25, 0.3) is 0 Å². The van der Waals surface area contributed by atoms with Crippen LogP contribution in [0.3, 0.4) is 0 Å². The van der Waals surface area contributed by atoms with E-state index in [-0.39, 0.29) is 5.82 Å². The van der Waals surface area contributed by atoms with E-state index in [4.69, 9.17) is 5.73 Å². The number of halogens is 1. The molecule has 1 aromatic rings. The Bertz CT molecular complexity index is 399. The van der Waals surface area contributed by atoms with Gasteiger partial charge in [0.2, 0.25) is 0 Å². The van der Waals surface area contributed by atoms with Crippen molar-refractivity contribution in [3.8, 4) is 0 Å². The van der Waals surface area contributed by atoms with Gasteiger partial charge in [0.05, 0.1) is 0 Å². The minimum Gasteiger partial charge on any atom is -0.328 e. The lowest BCUT2D eigenvalue weighted by Crippen LogP contribution is -2.42. The summed E-state index contributed by atoms with van der Waals surface area (Å²) in [4.78, 5) is 2.36. The lowest BCUT2D eigenvalue weighted by molar-refractivity contribution is 0.183. The zero-order valence-corrected chi connectivity index (χ0v) is 11.3. The molecule has 2 N–H and O–H groups in total. The van der Waals surface area contributed by atoms with Crippen LogP contribution in [0, 0.1) is 18.7 Å². The molecule has 0 spiro atoms. The molecule has 1 aliphatic carbocycles. The molecule has 1 saturated carbocycles. The van der Waals surface area contributed by atoms with Crippen LogP contribution in [0.5, 0.6) is 0 Å². The number of likely N-dealkylation sites (N-methyl/N-ethyl adjacent to an activating group) is 1. The third-order valence-corrected chi connectivity index (χ3v) is 3.85. The zero-order chi connectivity index (χ0) is 13.1. The van der Waals surface area contributed by atoms with Crippen molar-refractivity contribution in [1.82, 2.24) is 4.90 Å². The van der Waals surface area contributed by atoms with E-state index in [2.05, 4.69) is 11.9 Å². The van der Waals surface area contributed by atoms with Crippen LogP contribution >= 0.6 is 0 Å². The normalized spacial score (nSPS) is 23.2. The molecule has 3 heteroatoms. The van der Waals surface area contributed by atoms with Crippen LogP contribution in [0.1, 0.15) is 24.0 Å². The second-order valence-corrected chi connectivity index (χ2v) is 5.69. The van der Waals surface area contributed by atoms with Gasteiger partial charge in [-0.05, 0) is 56.3 Å². The van der Waals surface area contributed by atoms with Crippen LogP contribution in [-0.4, -0.2) is 31.1 Å². The Kier molecular flexibility index (Phi) is 4.36. The van der Waals surface area contributed by atoms with Gasteiger partial charge in [0.15, 0.2) is 0 Å². The zero-order valence-electron chi connectivity index (χ0n) is 11.3. The molecule has 0 amide bonds. The highest BCUT2D eigenvalue weighted by Crippen LogP contribution is 2.26. The molecule has 0 saturated heterocycles. The second kappa shape index (κ2) is 5.81. The van der Waals surface area contributed by atoms with Crippen molar-refractivity contribution in [2.75, 3.05) is 20.1 Å². The first kappa shape index (κ1) is 13.5. The summed E-state index contributed by atoms with van der Waals surface area (Å²) in [5, 5.41) is 0. The maximum Gasteiger partial charge on any atom is 0.126 e. The average molecular weight is 250 g/mol. The molecule has 100 valence electrons. The van der Waals surface area contributed by atoms with Crippen molar-refractivity contribution in [3.63, 3.8) is 0 Å². The fraction of sp³-hybridized carbons (Fsp3) is 0.600. The van der Waals surface area contributed by atoms with Crippen molar-refractivity contribution in [1.29, 1.82) is 0 Å². The number of hydrogen-bond acceptors (Lipinski definition) is 2. The highest BCUT2D eigenvalue weighted by Gasteiger charge is 2.26. The van der Waals surface area contributed by atoms with Gasteiger partial charge in [0.1, 0.15) is 5.82 Å². The van der Waals surface area contributed by atoms with Crippen molar-refractivity contribution < 1.29 is 4.39 Å². The molecule has 0 bridgehead atoms. The van der Waals surface area contributed by atoms with Crippen molar-refractivity contribution in [3.05, 3.63) is 35.1 Å². The standard InChI is InChI=1S/C15H23FN2/c1-11-7-12(3-4-15(11)16)5-6-18(2)10-13-8-14(17)9-13/h3-4,7,13-14H,5-6,8-10,17H2,1-2H3. The Balaban J connectivity index is 1.74. The predicted molar refractivity (Wildman–Crippen MR) is 73.0 cm³/mol. The first-order valence-electron chi connectivity index (χ1n) is 6.73. The van der Waals surface area contributed by atoms with E-state index < -0.39 is 0 Å². The van der Waals surface area contributed by atoms with Gasteiger partial charge in [-0.3, -0.25) is 0 Å². The Labute approximate surface area is 109 Å². The monoisotopic (exact) mass is 250 g/mol. The fourth-order valence-electron chi connectivity index (χ4n) is 2.65. The predicted octanol–water partition coefficient (Wildman–Crippen LogP) is 2.35. The maximum absolute atomic E-state index is 13.1. The summed E-state index contributed by atoms with van der Waals surface area (Å²) >= 11 is 0. The number of nitrogens with two attached hydrogens (primary N) is 1. The summed E-state index contributed by atoms with van der Waals surface area (Å²) in [5.41, 5.74) is 7.74. The van der Waals surface area contributed by atoms with Crippen molar-refractivity contribution in [2.45, 2.75) is 32.2 Å². The number of rotatable bonds is 5. The van der Waals surface area contributed by atoms with Crippen molar-refractivity contribution in [2.24, 2.45) is 11.7 Å². The Morgan fingerprint density at radius 3 is 2.72 bits per heavy atom. The molecular formula is C15H23FN2. The van der Waals surface area contributed by atoms with E-state index in [1.807, 2.05) is 19.1 Å². The topological polar surface area (TPSA) is 29.3 Å². The molecule has 0 heterocycles. The Hall–Kier alpha value is -0.930. The van der Waals surface area contributed by atoms with E-state index in [1.54, 1.807) is 6.07 Å². The van der Waals surface area contributed by atoms with Crippen LogP contribution in [0.25, 0.3) is 0 Å². The smallest absolute Gasteiger partial charge is 0.126 e. The molecule has 2 nitrogen and oxygen atoms in total. The number of nitrogens with zero attached hydrogens (tertiary/aromatic N) is 1. The molecule has 0 atom stereocenters. The fourth-order valence-corrected chi connectivity index (χ4v) is 2.65. The van der Waals surface area contributed by atoms with Gasteiger partial charge < -0.3 is 10.6 Å². The summed E-state index contributed by atoms with van der Waals surface area (Å²) in [6, 6.07) is 5.83. The third-order valence-electron chi connectivity index (χ3n) is 3.85. The lowest BCUT2D eigenvalue weighted by Gasteiger charge is -2.35. The first-order valence-corrected chi connectivity index (χ1v) is 6.73. The largest absolute Gasteiger partial charge is 0.328 e. The summed E-state index contributed by atoms with van der Waals surface area (Å²) in [6.07, 6.45) is 3.32. The average Bonchev–Trinajstić information content (AvgIpc) is 2.29. The summed E-state index contributed by atoms with van der Waals surface area (Å²) in [6.45, 7) is 3.98. The quantitative estimate of drug-likeness (QED) is 0.869. The molecule has 2 rings (SSSR count). The maximum atomic E-state index is 13.1. The van der Waals surface area contributed by atoms with E-state index in [9.17, 15) is 4.39 Å². The summed E-state index contributed by atoms with van der Waals surface area (Å²) in [5.74, 6) is 0.663. The number of hydrogen-bond donors (Lipinski definition) is 1. The number of aryl methyl sites for hydroxylation is 1. The van der Waals surface area contributed by atoms with Gasteiger partial charge in [0, 0.05) is 19.1 Å². The molecule has 18 heavy (non-hydrogen) atoms. The SMILES string of the molecule is Cc1cc(CCN(C)CC2CC(N)C2)ccc1F. The molecule has 0 aromatic heterocycles. The van der Waals surface area contributed by atoms with E-state index in [1.165, 1.54) is 18.4 Å². The van der Waals surface area contributed by atoms with E-state index in [0.717, 1.165) is 31.0 Å². The highest BCUT2D eigenvalue weighted by molar-refractivity contribution is 5.24. The van der Waals surface area contributed by atoms with Gasteiger partial charge in [-0.15, -0.1) is 0 Å². The van der Waals surface area contributed by atoms with E-state index >= 15 is 0 Å². The van der Waals surface area contributed by atoms with Crippen LogP contribution < -0.4 is 5.73 Å². The molecular weight excluding hydrogens is 227 g/mol. The first-order chi connectivity index (χ1) is 8.54. The van der Waals surface area contributed by atoms with Gasteiger partial charge in [-0.2, -0.15) is 0 Å². The van der Waals surface area contributed by atoms with Crippen LogP contribution in [0.2, 0.25) is 0 Å². The summed E-state index contributed by atoms with van der Waals surface area (Å²) < 4.78 is 13.1. The van der Waals surface area contributed by atoms with Crippen molar-refractivity contribution >= 4 is 0 Å². The third kappa shape index (κ3) is 3.53. The minimum atomic E-state index is -0.115. The Morgan fingerprint density at radius 2 is 2.11 bits per heavy atom. The highest BCUT2D eigenvalue weighted by atomic mass is 19.1. The summed E-state index contributed by atoms with van der Waals surface area (Å²) in [7, 11) is 2.15. The molecule has 1 fully saturated rings. The second-order valence-electron chi connectivity index (χ2n) is 5.69.